The van der Waals surface area contributed by atoms with Gasteiger partial charge in [0.05, 0.1) is 12.7 Å². The number of amides is 1. The number of esters is 2. The third kappa shape index (κ3) is 4.81. The molecular weight excluding hydrogens is 326 g/mol. The fraction of sp³-hybridized carbons (Fsp3) is 0.167. The van der Waals surface area contributed by atoms with Gasteiger partial charge in [0.25, 0.3) is 5.91 Å². The maximum atomic E-state index is 11.9. The number of nitrogens with one attached hydrogen (secondary N) is 1. The monoisotopic (exact) mass is 343 g/mol. The number of rotatable bonds is 5. The third-order valence-corrected chi connectivity index (χ3v) is 3.30. The van der Waals surface area contributed by atoms with E-state index in [0.29, 0.717) is 11.3 Å². The highest BCUT2D eigenvalue weighted by Gasteiger charge is 2.14. The van der Waals surface area contributed by atoms with Crippen molar-refractivity contribution in [2.24, 2.45) is 0 Å². The number of carbonyl (C=O) groups is 3. The molecule has 130 valence electrons. The number of aromatic hydroxyl groups is 1. The smallest absolute Gasteiger partial charge is 0.342 e. The van der Waals surface area contributed by atoms with Gasteiger partial charge in [-0.3, -0.25) is 4.79 Å². The van der Waals surface area contributed by atoms with E-state index in [2.05, 4.69) is 10.1 Å². The lowest BCUT2D eigenvalue weighted by molar-refractivity contribution is -0.119. The standard InChI is InChI=1S/C18H17NO6/c1-11-3-8-14(15(20)9-11)18(23)25-10-16(21)19-13-6-4-12(5-7-13)17(22)24-2/h3-9,20H,10H2,1-2H3,(H,19,21). The number of methoxy groups -OCH3 is 1. The summed E-state index contributed by atoms with van der Waals surface area (Å²) in [5, 5.41) is 12.2. The van der Waals surface area contributed by atoms with E-state index in [4.69, 9.17) is 4.74 Å². The normalized spacial score (nSPS) is 10.0. The summed E-state index contributed by atoms with van der Waals surface area (Å²) in [7, 11) is 1.28. The van der Waals surface area contributed by atoms with Crippen molar-refractivity contribution < 1.29 is 29.0 Å². The van der Waals surface area contributed by atoms with Gasteiger partial charge in [-0.05, 0) is 48.9 Å². The van der Waals surface area contributed by atoms with Crippen LogP contribution in [0.5, 0.6) is 5.75 Å². The van der Waals surface area contributed by atoms with E-state index in [0.717, 1.165) is 5.56 Å². The zero-order chi connectivity index (χ0) is 18.4. The summed E-state index contributed by atoms with van der Waals surface area (Å²) in [6.45, 7) is 1.26. The van der Waals surface area contributed by atoms with Crippen molar-refractivity contribution in [3.05, 3.63) is 59.2 Å². The molecule has 0 saturated carbocycles. The molecule has 2 aromatic carbocycles. The molecule has 2 N–H and O–H groups in total. The van der Waals surface area contributed by atoms with Gasteiger partial charge in [-0.25, -0.2) is 9.59 Å². The largest absolute Gasteiger partial charge is 0.507 e. The van der Waals surface area contributed by atoms with Crippen molar-refractivity contribution in [1.29, 1.82) is 0 Å². The summed E-state index contributed by atoms with van der Waals surface area (Å²) in [6, 6.07) is 10.6. The topological polar surface area (TPSA) is 102 Å². The highest BCUT2D eigenvalue weighted by atomic mass is 16.5. The molecule has 0 unspecified atom stereocenters. The highest BCUT2D eigenvalue weighted by Crippen LogP contribution is 2.19. The van der Waals surface area contributed by atoms with Crippen LogP contribution in [0.25, 0.3) is 0 Å². The van der Waals surface area contributed by atoms with Crippen LogP contribution in [0.1, 0.15) is 26.3 Å². The molecule has 0 aromatic heterocycles. The van der Waals surface area contributed by atoms with Crippen LogP contribution in [-0.2, 0) is 14.3 Å². The average molecular weight is 343 g/mol. The van der Waals surface area contributed by atoms with Gasteiger partial charge < -0.3 is 19.9 Å². The molecule has 7 heteroatoms. The van der Waals surface area contributed by atoms with Crippen LogP contribution in [0.2, 0.25) is 0 Å². The molecule has 0 aliphatic rings. The van der Waals surface area contributed by atoms with E-state index in [1.54, 1.807) is 13.0 Å². The van der Waals surface area contributed by atoms with Gasteiger partial charge in [-0.1, -0.05) is 6.07 Å². The number of ether oxygens (including phenoxy) is 2. The van der Waals surface area contributed by atoms with E-state index in [1.807, 2.05) is 0 Å². The summed E-state index contributed by atoms with van der Waals surface area (Å²) in [5.74, 6) is -2.03. The first-order chi connectivity index (χ1) is 11.9. The summed E-state index contributed by atoms with van der Waals surface area (Å²) in [5.41, 5.74) is 1.57. The first-order valence-corrected chi connectivity index (χ1v) is 7.35. The van der Waals surface area contributed by atoms with Crippen LogP contribution in [0.4, 0.5) is 5.69 Å². The second kappa shape index (κ2) is 7.96. The Balaban J connectivity index is 1.90. The summed E-state index contributed by atoms with van der Waals surface area (Å²) >= 11 is 0. The maximum absolute atomic E-state index is 11.9. The second-order valence-corrected chi connectivity index (χ2v) is 5.21. The van der Waals surface area contributed by atoms with E-state index in [1.165, 1.54) is 43.5 Å². The molecule has 2 aromatic rings. The minimum absolute atomic E-state index is 0.0131. The van der Waals surface area contributed by atoms with Gasteiger partial charge >= 0.3 is 11.9 Å². The lowest BCUT2D eigenvalue weighted by atomic mass is 10.1. The molecule has 0 radical (unpaired) electrons. The number of hydrogen-bond donors (Lipinski definition) is 2. The molecule has 1 amide bonds. The summed E-state index contributed by atoms with van der Waals surface area (Å²) in [6.07, 6.45) is 0. The molecule has 25 heavy (non-hydrogen) atoms. The fourth-order valence-corrected chi connectivity index (χ4v) is 2.03. The molecule has 0 atom stereocenters. The minimum Gasteiger partial charge on any atom is -0.507 e. The van der Waals surface area contributed by atoms with Gasteiger partial charge in [0, 0.05) is 5.69 Å². The number of carbonyl (C=O) groups excluding carboxylic acids is 3. The molecule has 0 aliphatic carbocycles. The van der Waals surface area contributed by atoms with Crippen molar-refractivity contribution in [3.8, 4) is 5.75 Å². The first-order valence-electron chi connectivity index (χ1n) is 7.35. The Hall–Kier alpha value is -3.35. The lowest BCUT2D eigenvalue weighted by Gasteiger charge is -2.08. The van der Waals surface area contributed by atoms with E-state index < -0.39 is 24.5 Å². The molecule has 0 heterocycles. The van der Waals surface area contributed by atoms with Gasteiger partial charge in [0.1, 0.15) is 11.3 Å². The van der Waals surface area contributed by atoms with Crippen LogP contribution < -0.4 is 5.32 Å². The second-order valence-electron chi connectivity index (χ2n) is 5.21. The van der Waals surface area contributed by atoms with E-state index in [-0.39, 0.29) is 11.3 Å². The van der Waals surface area contributed by atoms with E-state index in [9.17, 15) is 19.5 Å². The van der Waals surface area contributed by atoms with Crippen molar-refractivity contribution >= 4 is 23.5 Å². The lowest BCUT2D eigenvalue weighted by Crippen LogP contribution is -2.21. The maximum Gasteiger partial charge on any atom is 0.342 e. The number of benzene rings is 2. The molecular formula is C18H17NO6. The Kier molecular flexibility index (Phi) is 5.73. The molecule has 0 aliphatic heterocycles. The Bertz CT molecular complexity index is 798. The SMILES string of the molecule is COC(=O)c1ccc(NC(=O)COC(=O)c2ccc(C)cc2O)cc1. The summed E-state index contributed by atoms with van der Waals surface area (Å²) < 4.78 is 9.45. The number of hydrogen-bond acceptors (Lipinski definition) is 6. The first kappa shape index (κ1) is 18.0. The highest BCUT2D eigenvalue weighted by molar-refractivity contribution is 5.97. The molecule has 0 saturated heterocycles. The van der Waals surface area contributed by atoms with Crippen molar-refractivity contribution in [2.75, 3.05) is 19.0 Å². The Labute approximate surface area is 144 Å². The molecule has 0 fully saturated rings. The van der Waals surface area contributed by atoms with Crippen LogP contribution >= 0.6 is 0 Å². The quantitative estimate of drug-likeness (QED) is 0.808. The third-order valence-electron chi connectivity index (χ3n) is 3.30. The van der Waals surface area contributed by atoms with Crippen LogP contribution in [0.15, 0.2) is 42.5 Å². The van der Waals surface area contributed by atoms with Crippen molar-refractivity contribution in [3.63, 3.8) is 0 Å². The molecule has 2 rings (SSSR count). The minimum atomic E-state index is -0.798. The number of phenols is 1. The van der Waals surface area contributed by atoms with Crippen molar-refractivity contribution in [1.82, 2.24) is 0 Å². The van der Waals surface area contributed by atoms with Gasteiger partial charge in [-0.2, -0.15) is 0 Å². The molecule has 0 spiro atoms. The molecule has 7 nitrogen and oxygen atoms in total. The van der Waals surface area contributed by atoms with Crippen LogP contribution in [0, 0.1) is 6.92 Å². The van der Waals surface area contributed by atoms with Gasteiger partial charge in [-0.15, -0.1) is 0 Å². The zero-order valence-corrected chi connectivity index (χ0v) is 13.7. The number of aryl methyl sites for hydroxylation is 1. The van der Waals surface area contributed by atoms with Gasteiger partial charge in [0.2, 0.25) is 0 Å². The average Bonchev–Trinajstić information content (AvgIpc) is 2.59. The van der Waals surface area contributed by atoms with Crippen LogP contribution in [0.3, 0.4) is 0 Å². The fourth-order valence-electron chi connectivity index (χ4n) is 2.03. The Morgan fingerprint density at radius 1 is 1.04 bits per heavy atom. The Morgan fingerprint density at radius 2 is 1.72 bits per heavy atom. The zero-order valence-electron chi connectivity index (χ0n) is 13.7. The summed E-state index contributed by atoms with van der Waals surface area (Å²) in [4.78, 5) is 35.0. The van der Waals surface area contributed by atoms with Gasteiger partial charge in [0.15, 0.2) is 6.61 Å². The van der Waals surface area contributed by atoms with Crippen molar-refractivity contribution in [2.45, 2.75) is 6.92 Å². The predicted octanol–water partition coefficient (Wildman–Crippen LogP) is 2.28. The van der Waals surface area contributed by atoms with E-state index >= 15 is 0 Å². The number of anilines is 1. The molecule has 0 bridgehead atoms. The van der Waals surface area contributed by atoms with Crippen LogP contribution in [-0.4, -0.2) is 36.7 Å². The Morgan fingerprint density at radius 3 is 2.32 bits per heavy atom. The number of phenolic OH excluding ortho intramolecular Hbond substituents is 1. The predicted molar refractivity (Wildman–Crippen MR) is 89.5 cm³/mol.